The summed E-state index contributed by atoms with van der Waals surface area (Å²) in [5.41, 5.74) is -1.82. The number of carbonyl (C=O) groups is 1. The highest BCUT2D eigenvalue weighted by Crippen LogP contribution is 2.36. The van der Waals surface area contributed by atoms with Gasteiger partial charge < -0.3 is 4.74 Å². The zero-order valence-corrected chi connectivity index (χ0v) is 14.5. The summed E-state index contributed by atoms with van der Waals surface area (Å²) in [5.74, 6) is -3.48. The maximum atomic E-state index is 14.4. The zero-order chi connectivity index (χ0) is 20.9. The van der Waals surface area contributed by atoms with Crippen LogP contribution in [0.15, 0.2) is 41.3 Å². The van der Waals surface area contributed by atoms with Gasteiger partial charge in [0.05, 0.1) is 11.1 Å². The second-order valence-electron chi connectivity index (χ2n) is 5.81. The number of esters is 1. The van der Waals surface area contributed by atoms with E-state index in [-0.39, 0.29) is 16.7 Å². The van der Waals surface area contributed by atoms with E-state index in [0.717, 1.165) is 24.3 Å². The molecule has 2 aromatic carbocycles. The number of sulfonamides is 1. The maximum absolute atomic E-state index is 14.4. The number of hydrogen-bond acceptors (Lipinski definition) is 4. The van der Waals surface area contributed by atoms with Gasteiger partial charge in [-0.3, -0.25) is 0 Å². The number of rotatable bonds is 3. The maximum Gasteiger partial charge on any atom is 0.416 e. The van der Waals surface area contributed by atoms with Crippen molar-refractivity contribution >= 4 is 27.1 Å². The third-order valence-corrected chi connectivity index (χ3v) is 4.93. The minimum absolute atomic E-state index is 0.000770. The van der Waals surface area contributed by atoms with E-state index in [0.29, 0.717) is 12.1 Å². The molecule has 148 valence electrons. The largest absolute Gasteiger partial charge is 0.457 e. The van der Waals surface area contributed by atoms with Crippen molar-refractivity contribution in [1.29, 1.82) is 0 Å². The second kappa shape index (κ2) is 6.67. The summed E-state index contributed by atoms with van der Waals surface area (Å²) in [7, 11) is -4.53. The molecule has 0 aliphatic carbocycles. The summed E-state index contributed by atoms with van der Waals surface area (Å²) in [6.45, 7) is -0.472. The van der Waals surface area contributed by atoms with E-state index in [1.165, 1.54) is 0 Å². The van der Waals surface area contributed by atoms with Crippen LogP contribution < -0.4 is 5.14 Å². The molecule has 1 aliphatic heterocycles. The van der Waals surface area contributed by atoms with Crippen molar-refractivity contribution in [2.75, 3.05) is 6.61 Å². The van der Waals surface area contributed by atoms with E-state index < -0.39 is 56.4 Å². The van der Waals surface area contributed by atoms with Crippen molar-refractivity contribution in [1.82, 2.24) is 0 Å². The van der Waals surface area contributed by atoms with Crippen molar-refractivity contribution in [3.8, 4) is 0 Å². The lowest BCUT2D eigenvalue weighted by Crippen LogP contribution is -2.15. The van der Waals surface area contributed by atoms with Gasteiger partial charge in [0, 0.05) is 11.1 Å². The molecule has 1 heterocycles. The Morgan fingerprint density at radius 3 is 2.14 bits per heavy atom. The van der Waals surface area contributed by atoms with Crippen LogP contribution in [0.2, 0.25) is 0 Å². The Kier molecular flexibility index (Phi) is 4.76. The molecule has 0 spiro atoms. The minimum atomic E-state index is -4.59. The van der Waals surface area contributed by atoms with Crippen molar-refractivity contribution in [3.05, 3.63) is 64.7 Å². The molecule has 0 bridgehead atoms. The molecule has 0 amide bonds. The molecule has 0 unspecified atom stereocenters. The molecule has 3 rings (SSSR count). The lowest BCUT2D eigenvalue weighted by molar-refractivity contribution is -0.137. The monoisotopic (exact) mass is 419 g/mol. The van der Waals surface area contributed by atoms with Crippen LogP contribution in [0.25, 0.3) is 11.1 Å². The fourth-order valence-electron chi connectivity index (χ4n) is 2.71. The highest BCUT2D eigenvalue weighted by atomic mass is 32.2. The Morgan fingerprint density at radius 1 is 1.00 bits per heavy atom. The SMILES string of the molecule is NS(=O)(=O)c1cc(F)c(C2=C(c3ccc(C(F)(F)F)cc3)C(=O)OC2)cc1F. The molecule has 0 aromatic heterocycles. The molecular weight excluding hydrogens is 409 g/mol. The smallest absolute Gasteiger partial charge is 0.416 e. The van der Waals surface area contributed by atoms with Gasteiger partial charge in [-0.25, -0.2) is 27.1 Å². The molecule has 2 N–H and O–H groups in total. The van der Waals surface area contributed by atoms with Crippen molar-refractivity contribution in [2.24, 2.45) is 5.14 Å². The van der Waals surface area contributed by atoms with Gasteiger partial charge >= 0.3 is 12.1 Å². The summed E-state index contributed by atoms with van der Waals surface area (Å²) < 4.78 is 93.9. The third-order valence-electron chi connectivity index (χ3n) is 4.01. The predicted molar refractivity (Wildman–Crippen MR) is 86.9 cm³/mol. The van der Waals surface area contributed by atoms with Crippen molar-refractivity contribution < 1.29 is 39.9 Å². The molecule has 1 aliphatic rings. The summed E-state index contributed by atoms with van der Waals surface area (Å²) >= 11 is 0. The first-order chi connectivity index (χ1) is 12.9. The van der Waals surface area contributed by atoms with Gasteiger partial charge in [-0.2, -0.15) is 13.2 Å². The molecular formula is C17H10F5NO4S. The third kappa shape index (κ3) is 3.62. The van der Waals surface area contributed by atoms with Crippen LogP contribution in [0, 0.1) is 11.6 Å². The van der Waals surface area contributed by atoms with E-state index in [4.69, 9.17) is 9.88 Å². The second-order valence-corrected chi connectivity index (χ2v) is 7.34. The molecule has 0 saturated carbocycles. The van der Waals surface area contributed by atoms with Gasteiger partial charge in [0.2, 0.25) is 10.0 Å². The van der Waals surface area contributed by atoms with Gasteiger partial charge in [0.1, 0.15) is 23.1 Å². The Hall–Kier alpha value is -2.79. The molecule has 11 heteroatoms. The Bertz CT molecular complexity index is 1110. The van der Waals surface area contributed by atoms with Crippen LogP contribution in [0.5, 0.6) is 0 Å². The number of carbonyl (C=O) groups excluding carboxylic acids is 1. The molecule has 0 fully saturated rings. The number of cyclic esters (lactones) is 1. The summed E-state index contributed by atoms with van der Waals surface area (Å²) in [6, 6.07) is 4.35. The number of nitrogens with two attached hydrogens (primary N) is 1. The van der Waals surface area contributed by atoms with E-state index in [1.807, 2.05) is 0 Å². The van der Waals surface area contributed by atoms with Crippen LogP contribution in [-0.4, -0.2) is 21.0 Å². The number of halogens is 5. The van der Waals surface area contributed by atoms with E-state index in [2.05, 4.69) is 0 Å². The van der Waals surface area contributed by atoms with E-state index in [9.17, 15) is 35.2 Å². The van der Waals surface area contributed by atoms with E-state index >= 15 is 0 Å². The number of ether oxygens (including phenoxy) is 1. The van der Waals surface area contributed by atoms with Gasteiger partial charge in [0.25, 0.3) is 0 Å². The highest BCUT2D eigenvalue weighted by molar-refractivity contribution is 7.89. The first-order valence-corrected chi connectivity index (χ1v) is 9.04. The highest BCUT2D eigenvalue weighted by Gasteiger charge is 2.33. The number of alkyl halides is 3. The predicted octanol–water partition coefficient (Wildman–Crippen LogP) is 3.10. The fraction of sp³-hybridized carbons (Fsp3) is 0.118. The molecule has 0 saturated heterocycles. The van der Waals surface area contributed by atoms with Gasteiger partial charge in [0.15, 0.2) is 0 Å². The summed E-state index contributed by atoms with van der Waals surface area (Å²) in [6.07, 6.45) is -4.59. The first-order valence-electron chi connectivity index (χ1n) is 7.49. The van der Waals surface area contributed by atoms with Crippen LogP contribution >= 0.6 is 0 Å². The molecule has 2 aromatic rings. The average molecular weight is 419 g/mol. The summed E-state index contributed by atoms with van der Waals surface area (Å²) in [4.78, 5) is 11.0. The average Bonchev–Trinajstić information content (AvgIpc) is 2.96. The Labute approximate surface area is 155 Å². The quantitative estimate of drug-likeness (QED) is 0.612. The molecule has 0 radical (unpaired) electrons. The Morgan fingerprint density at radius 2 is 1.61 bits per heavy atom. The van der Waals surface area contributed by atoms with Crippen LogP contribution in [-0.2, 0) is 25.7 Å². The lowest BCUT2D eigenvalue weighted by Gasteiger charge is -2.10. The first kappa shape index (κ1) is 20.0. The van der Waals surface area contributed by atoms with Crippen LogP contribution in [0.3, 0.4) is 0 Å². The van der Waals surface area contributed by atoms with Crippen molar-refractivity contribution in [3.63, 3.8) is 0 Å². The topological polar surface area (TPSA) is 86.5 Å². The number of primary sulfonamides is 1. The Balaban J connectivity index is 2.16. The van der Waals surface area contributed by atoms with Crippen molar-refractivity contribution in [2.45, 2.75) is 11.1 Å². The molecule has 5 nitrogen and oxygen atoms in total. The lowest BCUT2D eigenvalue weighted by atomic mass is 9.95. The minimum Gasteiger partial charge on any atom is -0.457 e. The van der Waals surface area contributed by atoms with Crippen LogP contribution in [0.1, 0.15) is 16.7 Å². The molecule has 28 heavy (non-hydrogen) atoms. The standard InChI is InChI=1S/C17H10F5NO4S/c18-12-6-14(28(23,25)26)13(19)5-10(12)11-7-27-16(24)15(11)8-1-3-9(4-2-8)17(20,21)22/h1-6H,7H2,(H2,23,25,26). The van der Waals surface area contributed by atoms with Crippen LogP contribution in [0.4, 0.5) is 22.0 Å². The van der Waals surface area contributed by atoms with E-state index in [1.54, 1.807) is 0 Å². The van der Waals surface area contributed by atoms with Gasteiger partial charge in [-0.15, -0.1) is 0 Å². The van der Waals surface area contributed by atoms with Gasteiger partial charge in [-0.05, 0) is 29.8 Å². The fourth-order valence-corrected chi connectivity index (χ4v) is 3.31. The number of benzene rings is 2. The normalized spacial score (nSPS) is 15.1. The summed E-state index contributed by atoms with van der Waals surface area (Å²) in [5, 5.41) is 4.80. The number of hydrogen-bond donors (Lipinski definition) is 1. The zero-order valence-electron chi connectivity index (χ0n) is 13.7. The molecule has 0 atom stereocenters. The van der Waals surface area contributed by atoms with Gasteiger partial charge in [-0.1, -0.05) is 12.1 Å².